The van der Waals surface area contributed by atoms with Crippen LogP contribution in [-0.2, 0) is 14.8 Å². The number of carbonyl (C=O) groups is 1. The minimum absolute atomic E-state index is 0.175. The number of aryl methyl sites for hydroxylation is 2. The fourth-order valence-electron chi connectivity index (χ4n) is 3.65. The third-order valence-corrected chi connectivity index (χ3v) is 8.60. The average Bonchev–Trinajstić information content (AvgIpc) is 3.11. The Morgan fingerprint density at radius 3 is 2.48 bits per heavy atom. The van der Waals surface area contributed by atoms with Crippen LogP contribution in [0.15, 0.2) is 29.2 Å². The van der Waals surface area contributed by atoms with Crippen molar-refractivity contribution in [3.63, 3.8) is 0 Å². The quantitative estimate of drug-likeness (QED) is 0.625. The second-order valence-electron chi connectivity index (χ2n) is 7.37. The van der Waals surface area contributed by atoms with Crippen LogP contribution in [0, 0.1) is 13.8 Å². The Labute approximate surface area is 190 Å². The molecule has 3 heterocycles. The minimum Gasteiger partial charge on any atom is -0.486 e. The predicted molar refractivity (Wildman–Crippen MR) is 121 cm³/mol. The molecule has 0 aliphatic carbocycles. The zero-order chi connectivity index (χ0) is 22.2. The van der Waals surface area contributed by atoms with Crippen LogP contribution < -0.4 is 9.47 Å². The van der Waals surface area contributed by atoms with Crippen molar-refractivity contribution in [2.24, 2.45) is 0 Å². The Balaban J connectivity index is 1.40. The maximum atomic E-state index is 12.9. The van der Waals surface area contributed by atoms with Crippen molar-refractivity contribution < 1.29 is 22.7 Å². The van der Waals surface area contributed by atoms with E-state index in [1.54, 1.807) is 29.2 Å². The number of amides is 1. The molecule has 31 heavy (non-hydrogen) atoms. The fraction of sp³-hybridized carbons (Fsp3) is 0.381. The number of halogens is 1. The standard InChI is InChI=1S/C21H23ClN2O5S2/c1-14-11-19(15(2)30-14)31(26,27)24-7-5-23(6-8-24)20(25)4-3-16-12-17(22)21-18(13-16)28-9-10-29-21/h3-4,11-13H,5-10H2,1-2H3/b4-3+. The first-order chi connectivity index (χ1) is 14.8. The molecule has 2 aromatic rings. The van der Waals surface area contributed by atoms with E-state index in [0.717, 1.165) is 15.3 Å². The molecular weight excluding hydrogens is 460 g/mol. The molecule has 0 N–H and O–H groups in total. The van der Waals surface area contributed by atoms with Crippen molar-refractivity contribution in [3.8, 4) is 11.5 Å². The Bertz CT molecular complexity index is 1130. The van der Waals surface area contributed by atoms with Crippen molar-refractivity contribution in [3.05, 3.63) is 44.6 Å². The number of benzene rings is 1. The third-order valence-electron chi connectivity index (χ3n) is 5.20. The zero-order valence-corrected chi connectivity index (χ0v) is 19.6. The maximum absolute atomic E-state index is 12.9. The highest BCUT2D eigenvalue weighted by atomic mass is 35.5. The molecule has 0 unspecified atom stereocenters. The first-order valence-electron chi connectivity index (χ1n) is 9.89. The summed E-state index contributed by atoms with van der Waals surface area (Å²) in [7, 11) is -3.54. The highest BCUT2D eigenvalue weighted by Crippen LogP contribution is 2.38. The number of hydrogen-bond donors (Lipinski definition) is 0. The molecule has 166 valence electrons. The van der Waals surface area contributed by atoms with E-state index in [1.165, 1.54) is 21.7 Å². The summed E-state index contributed by atoms with van der Waals surface area (Å²) in [5.74, 6) is 0.902. The van der Waals surface area contributed by atoms with Crippen LogP contribution >= 0.6 is 22.9 Å². The van der Waals surface area contributed by atoms with E-state index in [-0.39, 0.29) is 19.0 Å². The van der Waals surface area contributed by atoms with Gasteiger partial charge in [0.25, 0.3) is 0 Å². The molecule has 10 heteroatoms. The zero-order valence-electron chi connectivity index (χ0n) is 17.3. The number of rotatable bonds is 4. The van der Waals surface area contributed by atoms with Crippen LogP contribution in [0.5, 0.6) is 11.5 Å². The molecule has 0 atom stereocenters. The van der Waals surface area contributed by atoms with E-state index in [2.05, 4.69) is 0 Å². The number of thiophene rings is 1. The van der Waals surface area contributed by atoms with Crippen molar-refractivity contribution in [1.82, 2.24) is 9.21 Å². The summed E-state index contributed by atoms with van der Waals surface area (Å²) in [5, 5.41) is 0.432. The second-order valence-corrected chi connectivity index (χ2v) is 11.1. The number of ether oxygens (including phenoxy) is 2. The molecule has 2 aliphatic heterocycles. The van der Waals surface area contributed by atoms with Gasteiger partial charge in [-0.3, -0.25) is 4.79 Å². The maximum Gasteiger partial charge on any atom is 0.246 e. The SMILES string of the molecule is Cc1cc(S(=O)(=O)N2CCN(C(=O)/C=C/c3cc(Cl)c4c(c3)OCCO4)CC2)c(C)s1. The van der Waals surface area contributed by atoms with Gasteiger partial charge < -0.3 is 14.4 Å². The van der Waals surface area contributed by atoms with Gasteiger partial charge in [0.1, 0.15) is 13.2 Å². The van der Waals surface area contributed by atoms with E-state index in [0.29, 0.717) is 47.7 Å². The van der Waals surface area contributed by atoms with E-state index in [1.807, 2.05) is 13.8 Å². The average molecular weight is 483 g/mol. The van der Waals surface area contributed by atoms with Gasteiger partial charge in [-0.25, -0.2) is 8.42 Å². The highest BCUT2D eigenvalue weighted by Gasteiger charge is 2.31. The van der Waals surface area contributed by atoms with Crippen molar-refractivity contribution in [2.45, 2.75) is 18.7 Å². The summed E-state index contributed by atoms with van der Waals surface area (Å²) in [6, 6.07) is 5.21. The lowest BCUT2D eigenvalue weighted by molar-refractivity contribution is -0.127. The lowest BCUT2D eigenvalue weighted by atomic mass is 10.1. The van der Waals surface area contributed by atoms with Gasteiger partial charge in [-0.15, -0.1) is 11.3 Å². The van der Waals surface area contributed by atoms with Gasteiger partial charge in [-0.1, -0.05) is 11.6 Å². The van der Waals surface area contributed by atoms with E-state index >= 15 is 0 Å². The van der Waals surface area contributed by atoms with E-state index in [4.69, 9.17) is 21.1 Å². The van der Waals surface area contributed by atoms with Crippen LogP contribution in [0.4, 0.5) is 0 Å². The molecule has 4 rings (SSSR count). The predicted octanol–water partition coefficient (Wildman–Crippen LogP) is 3.34. The fourth-order valence-corrected chi connectivity index (χ4v) is 6.87. The molecule has 0 radical (unpaired) electrons. The smallest absolute Gasteiger partial charge is 0.246 e. The Morgan fingerprint density at radius 2 is 1.81 bits per heavy atom. The number of hydrogen-bond acceptors (Lipinski definition) is 6. The second kappa shape index (κ2) is 8.82. The summed E-state index contributed by atoms with van der Waals surface area (Å²) in [4.78, 5) is 16.4. The van der Waals surface area contributed by atoms with Crippen LogP contribution in [0.3, 0.4) is 0 Å². The van der Waals surface area contributed by atoms with Gasteiger partial charge in [-0.2, -0.15) is 4.31 Å². The Morgan fingerprint density at radius 1 is 1.10 bits per heavy atom. The highest BCUT2D eigenvalue weighted by molar-refractivity contribution is 7.89. The molecule has 1 fully saturated rings. The summed E-state index contributed by atoms with van der Waals surface area (Å²) in [5.41, 5.74) is 0.729. The topological polar surface area (TPSA) is 76.2 Å². The lowest BCUT2D eigenvalue weighted by Gasteiger charge is -2.33. The summed E-state index contributed by atoms with van der Waals surface area (Å²) in [6.45, 7) is 5.84. The lowest BCUT2D eigenvalue weighted by Crippen LogP contribution is -2.50. The van der Waals surface area contributed by atoms with Gasteiger partial charge in [-0.05, 0) is 43.7 Å². The van der Waals surface area contributed by atoms with Crippen molar-refractivity contribution >= 4 is 44.9 Å². The summed E-state index contributed by atoms with van der Waals surface area (Å²) in [6.07, 6.45) is 3.14. The monoisotopic (exact) mass is 482 g/mol. The summed E-state index contributed by atoms with van der Waals surface area (Å²) < 4.78 is 38.4. The van der Waals surface area contributed by atoms with Crippen LogP contribution in [0.2, 0.25) is 5.02 Å². The molecule has 0 saturated carbocycles. The Hall–Kier alpha value is -2.07. The van der Waals surface area contributed by atoms with Crippen LogP contribution in [-0.4, -0.2) is 62.9 Å². The van der Waals surface area contributed by atoms with Gasteiger partial charge >= 0.3 is 0 Å². The van der Waals surface area contributed by atoms with Crippen molar-refractivity contribution in [1.29, 1.82) is 0 Å². The largest absolute Gasteiger partial charge is 0.486 e. The molecule has 7 nitrogen and oxygen atoms in total. The molecular formula is C21H23ClN2O5S2. The first kappa shape index (κ1) is 22.1. The van der Waals surface area contributed by atoms with Crippen molar-refractivity contribution in [2.75, 3.05) is 39.4 Å². The molecule has 1 aromatic heterocycles. The third kappa shape index (κ3) is 4.59. The first-order valence-corrected chi connectivity index (χ1v) is 12.5. The van der Waals surface area contributed by atoms with Gasteiger partial charge in [0.15, 0.2) is 11.5 Å². The van der Waals surface area contributed by atoms with Crippen LogP contribution in [0.1, 0.15) is 15.3 Å². The van der Waals surface area contributed by atoms with E-state index in [9.17, 15) is 13.2 Å². The molecule has 1 saturated heterocycles. The van der Waals surface area contributed by atoms with Gasteiger partial charge in [0, 0.05) is 42.0 Å². The molecule has 2 aliphatic rings. The summed E-state index contributed by atoms with van der Waals surface area (Å²) >= 11 is 7.71. The number of nitrogens with zero attached hydrogens (tertiary/aromatic N) is 2. The molecule has 0 bridgehead atoms. The van der Waals surface area contributed by atoms with E-state index < -0.39 is 10.0 Å². The van der Waals surface area contributed by atoms with Gasteiger partial charge in [0.2, 0.25) is 15.9 Å². The molecule has 0 spiro atoms. The number of carbonyl (C=O) groups excluding carboxylic acids is 1. The normalized spacial score (nSPS) is 17.3. The number of sulfonamides is 1. The molecule has 1 amide bonds. The Kier molecular flexibility index (Phi) is 6.30. The van der Waals surface area contributed by atoms with Crippen LogP contribution in [0.25, 0.3) is 6.08 Å². The molecule has 1 aromatic carbocycles. The minimum atomic E-state index is -3.54. The number of piperazine rings is 1. The van der Waals surface area contributed by atoms with Gasteiger partial charge in [0.05, 0.1) is 9.92 Å². The number of fused-ring (bicyclic) bond motifs is 1.